The Morgan fingerprint density at radius 1 is 0.944 bits per heavy atom. The van der Waals surface area contributed by atoms with Crippen LogP contribution >= 0.6 is 0 Å². The third-order valence-corrected chi connectivity index (χ3v) is 8.17. The van der Waals surface area contributed by atoms with E-state index in [1.807, 2.05) is 0 Å². The molecule has 0 spiro atoms. The minimum absolute atomic E-state index is 0.0555. The highest BCUT2D eigenvalue weighted by atomic mass is 32.2. The highest BCUT2D eigenvalue weighted by Crippen LogP contribution is 2.50. The second-order valence-electron chi connectivity index (χ2n) is 9.55. The molecule has 2 N–H and O–H groups in total. The molecule has 0 heterocycles. The van der Waals surface area contributed by atoms with Gasteiger partial charge in [-0.3, -0.25) is 9.35 Å². The number of ether oxygens (including phenoxy) is 2. The number of alkyl halides is 3. The van der Waals surface area contributed by atoms with Crippen LogP contribution in [-0.2, 0) is 24.4 Å². The fraction of sp³-hybridized carbons (Fsp3) is 0.609. The summed E-state index contributed by atoms with van der Waals surface area (Å²) in [5.41, 5.74) is 2.21. The Morgan fingerprint density at radius 3 is 1.94 bits per heavy atom. The van der Waals surface area contributed by atoms with Crippen molar-refractivity contribution in [3.8, 4) is 0 Å². The molecule has 36 heavy (non-hydrogen) atoms. The van der Waals surface area contributed by atoms with Crippen molar-refractivity contribution in [3.63, 3.8) is 0 Å². The Morgan fingerprint density at radius 2 is 1.50 bits per heavy atom. The van der Waals surface area contributed by atoms with Crippen molar-refractivity contribution in [3.05, 3.63) is 33.4 Å². The van der Waals surface area contributed by atoms with E-state index < -0.39 is 64.0 Å². The predicted molar refractivity (Wildman–Crippen MR) is 118 cm³/mol. The smallest absolute Gasteiger partial charge is 0.426 e. The van der Waals surface area contributed by atoms with Gasteiger partial charge in [-0.1, -0.05) is 0 Å². The number of hydrogen-bond acceptors (Lipinski definition) is 7. The molecule has 9 nitrogen and oxygen atoms in total. The Labute approximate surface area is 205 Å². The number of benzene rings is 1. The zero-order chi connectivity index (χ0) is 27.3. The number of esters is 2. The second-order valence-corrected chi connectivity index (χ2v) is 11.0. The van der Waals surface area contributed by atoms with Gasteiger partial charge in [0.15, 0.2) is 0 Å². The lowest BCUT2D eigenvalue weighted by Gasteiger charge is -2.29. The predicted octanol–water partition coefficient (Wildman–Crippen LogP) is 3.55. The van der Waals surface area contributed by atoms with E-state index in [9.17, 15) is 41.1 Å². The summed E-state index contributed by atoms with van der Waals surface area (Å²) in [6.45, 7) is 6.75. The molecule has 1 aromatic rings. The fourth-order valence-electron chi connectivity index (χ4n) is 5.30. The number of fused-ring (bicyclic) bond motifs is 2. The molecule has 3 rings (SSSR count). The van der Waals surface area contributed by atoms with Crippen molar-refractivity contribution < 1.29 is 55.1 Å². The summed E-state index contributed by atoms with van der Waals surface area (Å²) < 4.78 is 80.0. The minimum atomic E-state index is -5.19. The molecule has 0 radical (unpaired) electrons. The number of hydrogen-bond donors (Lipinski definition) is 2. The summed E-state index contributed by atoms with van der Waals surface area (Å²) in [5, 5.41) is 9.70. The van der Waals surface area contributed by atoms with E-state index in [4.69, 9.17) is 9.29 Å². The lowest BCUT2D eigenvalue weighted by Crippen LogP contribution is -2.42. The quantitative estimate of drug-likeness (QED) is 0.395. The molecule has 2 fully saturated rings. The topological polar surface area (TPSA) is 144 Å². The van der Waals surface area contributed by atoms with Crippen molar-refractivity contribution >= 4 is 28.0 Å². The molecule has 5 atom stereocenters. The Kier molecular flexibility index (Phi) is 7.49. The Hall–Kier alpha value is -2.67. The van der Waals surface area contributed by atoms with Gasteiger partial charge >= 0.3 is 24.1 Å². The number of carboxylic acids is 1. The van der Waals surface area contributed by atoms with E-state index in [-0.39, 0.29) is 29.9 Å². The van der Waals surface area contributed by atoms with Crippen molar-refractivity contribution in [2.24, 2.45) is 17.8 Å². The first-order valence-electron chi connectivity index (χ1n) is 11.2. The van der Waals surface area contributed by atoms with E-state index in [0.717, 1.165) is 11.1 Å². The van der Waals surface area contributed by atoms with Crippen molar-refractivity contribution in [2.45, 2.75) is 65.3 Å². The maximum absolute atomic E-state index is 13.1. The number of aromatic carboxylic acids is 1. The van der Waals surface area contributed by atoms with Gasteiger partial charge in [0.2, 0.25) is 6.10 Å². The summed E-state index contributed by atoms with van der Waals surface area (Å²) in [4.78, 5) is 37.4. The summed E-state index contributed by atoms with van der Waals surface area (Å²) in [6.07, 6.45) is -8.25. The zero-order valence-electron chi connectivity index (χ0n) is 20.0. The number of carboxylic acid groups (broad SMARTS) is 1. The molecular formula is C23H27F3O9S. The molecule has 2 saturated carbocycles. The average molecular weight is 537 g/mol. The van der Waals surface area contributed by atoms with E-state index in [2.05, 4.69) is 4.74 Å². The highest BCUT2D eigenvalue weighted by Gasteiger charge is 2.53. The average Bonchev–Trinajstić information content (AvgIpc) is 3.32. The lowest BCUT2D eigenvalue weighted by atomic mass is 9.86. The largest absolute Gasteiger partial charge is 0.478 e. The fourth-order valence-corrected chi connectivity index (χ4v) is 5.94. The molecule has 2 bridgehead atoms. The van der Waals surface area contributed by atoms with Crippen LogP contribution in [0.2, 0.25) is 0 Å². The molecule has 2 aliphatic rings. The van der Waals surface area contributed by atoms with Gasteiger partial charge in [0, 0.05) is 0 Å². The van der Waals surface area contributed by atoms with Crippen LogP contribution in [0.1, 0.15) is 62.2 Å². The van der Waals surface area contributed by atoms with Gasteiger partial charge in [0.25, 0.3) is 10.1 Å². The van der Waals surface area contributed by atoms with Gasteiger partial charge < -0.3 is 14.6 Å². The summed E-state index contributed by atoms with van der Waals surface area (Å²) in [6, 6.07) is 0. The lowest BCUT2D eigenvalue weighted by molar-refractivity contribution is -0.218. The van der Waals surface area contributed by atoms with Crippen LogP contribution in [0.25, 0.3) is 0 Å². The number of rotatable bonds is 7. The summed E-state index contributed by atoms with van der Waals surface area (Å²) >= 11 is 0. The number of carbonyl (C=O) groups excluding carboxylic acids is 2. The van der Waals surface area contributed by atoms with Crippen molar-refractivity contribution in [1.82, 2.24) is 0 Å². The third-order valence-electron chi connectivity index (χ3n) is 7.44. The van der Waals surface area contributed by atoms with Gasteiger partial charge in [-0.25, -0.2) is 9.59 Å². The normalized spacial score (nSPS) is 24.4. The van der Waals surface area contributed by atoms with Crippen LogP contribution in [0.3, 0.4) is 0 Å². The molecular weight excluding hydrogens is 509 g/mol. The van der Waals surface area contributed by atoms with Crippen LogP contribution < -0.4 is 0 Å². The maximum atomic E-state index is 13.1. The van der Waals surface area contributed by atoms with E-state index in [1.54, 1.807) is 27.7 Å². The SMILES string of the molecule is Cc1c(C)c(C)c(C(=O)OC2CC3CC2CC3C(=O)OC(CS(=O)(=O)O)C(F)(F)F)c(C(=O)O)c1C. The van der Waals surface area contributed by atoms with Crippen LogP contribution in [0.4, 0.5) is 13.2 Å². The monoisotopic (exact) mass is 536 g/mol. The molecule has 1 aromatic carbocycles. The minimum Gasteiger partial charge on any atom is -0.478 e. The first-order valence-corrected chi connectivity index (χ1v) is 12.8. The molecule has 0 amide bonds. The van der Waals surface area contributed by atoms with Crippen molar-refractivity contribution in [1.29, 1.82) is 0 Å². The van der Waals surface area contributed by atoms with Crippen LogP contribution in [0, 0.1) is 45.4 Å². The van der Waals surface area contributed by atoms with Gasteiger partial charge in [-0.15, -0.1) is 0 Å². The van der Waals surface area contributed by atoms with E-state index in [0.29, 0.717) is 17.5 Å². The van der Waals surface area contributed by atoms with Crippen LogP contribution in [0.5, 0.6) is 0 Å². The van der Waals surface area contributed by atoms with Crippen molar-refractivity contribution in [2.75, 3.05) is 5.75 Å². The molecule has 200 valence electrons. The third kappa shape index (κ3) is 5.51. The molecule has 0 aromatic heterocycles. The first-order chi connectivity index (χ1) is 16.4. The number of halogens is 3. The Balaban J connectivity index is 1.73. The molecule has 2 aliphatic carbocycles. The van der Waals surface area contributed by atoms with E-state index in [1.165, 1.54) is 0 Å². The van der Waals surface area contributed by atoms with Gasteiger partial charge in [0.1, 0.15) is 11.9 Å². The van der Waals surface area contributed by atoms with Crippen LogP contribution in [-0.4, -0.2) is 60.1 Å². The van der Waals surface area contributed by atoms with Gasteiger partial charge in [0.05, 0.1) is 17.0 Å². The van der Waals surface area contributed by atoms with Crippen LogP contribution in [0.15, 0.2) is 0 Å². The van der Waals surface area contributed by atoms with Gasteiger partial charge in [-0.2, -0.15) is 21.6 Å². The first kappa shape index (κ1) is 27.9. The second kappa shape index (κ2) is 9.66. The summed E-state index contributed by atoms with van der Waals surface area (Å²) in [5.74, 6) is -6.89. The standard InChI is InChI=1S/C23H27F3O9S/c1-9-10(2)12(4)19(18(11(9)3)20(27)28)22(30)34-16-7-13-5-14(16)6-15(13)21(29)35-17(23(24,25)26)8-36(31,32)33/h13-17H,5-8H2,1-4H3,(H,27,28)(H,31,32,33). The zero-order valence-corrected chi connectivity index (χ0v) is 20.8. The van der Waals surface area contributed by atoms with E-state index >= 15 is 0 Å². The maximum Gasteiger partial charge on any atom is 0.426 e. The Bertz CT molecular complexity index is 1210. The molecule has 0 saturated heterocycles. The molecule has 0 aliphatic heterocycles. The molecule has 13 heteroatoms. The number of carbonyl (C=O) groups is 3. The molecule has 5 unspecified atom stereocenters. The summed E-state index contributed by atoms with van der Waals surface area (Å²) in [7, 11) is -5.05. The highest BCUT2D eigenvalue weighted by molar-refractivity contribution is 7.85. The van der Waals surface area contributed by atoms with Gasteiger partial charge in [-0.05, 0) is 81.0 Å².